The van der Waals surface area contributed by atoms with Crippen LogP contribution in [0.5, 0.6) is 0 Å². The van der Waals surface area contributed by atoms with Gasteiger partial charge in [0, 0.05) is 24.1 Å². The molecule has 0 aliphatic carbocycles. The third-order valence-electron chi connectivity index (χ3n) is 4.89. The zero-order valence-electron chi connectivity index (χ0n) is 19.1. The molecule has 0 aromatic heterocycles. The first kappa shape index (κ1) is 29.0. The number of carbonyl (C=O) groups is 1. The van der Waals surface area contributed by atoms with Crippen molar-refractivity contribution in [2.45, 2.75) is 43.3 Å². The molecule has 6 nitrogen and oxygen atoms in total. The van der Waals surface area contributed by atoms with E-state index in [1.54, 1.807) is 0 Å². The molecule has 2 aromatic rings. The summed E-state index contributed by atoms with van der Waals surface area (Å²) in [6, 6.07) is 8.31. The normalized spacial score (nSPS) is 14.0. The van der Waals surface area contributed by atoms with Crippen molar-refractivity contribution in [1.29, 1.82) is 5.26 Å². The summed E-state index contributed by atoms with van der Waals surface area (Å²) in [5.41, 5.74) is -3.13. The molecule has 0 saturated carbocycles. The highest BCUT2D eigenvalue weighted by Gasteiger charge is 2.38. The number of nitrogens with one attached hydrogen (secondary N) is 2. The summed E-state index contributed by atoms with van der Waals surface area (Å²) in [6.07, 6.45) is -3.52. The number of nitrogens with zero attached hydrogens (tertiary/aromatic N) is 1. The Balaban J connectivity index is 2.39. The average molecular weight is 550 g/mol. The van der Waals surface area contributed by atoms with E-state index in [4.69, 9.17) is 5.26 Å². The van der Waals surface area contributed by atoms with Crippen LogP contribution in [0.3, 0.4) is 0 Å². The third kappa shape index (κ3) is 7.90. The predicted octanol–water partition coefficient (Wildman–Crippen LogP) is 5.30. The Morgan fingerprint density at radius 3 is 2.46 bits per heavy atom. The third-order valence-corrected chi connectivity index (χ3v) is 9.50. The molecule has 1 amide bonds. The number of hydrogen-bond donors (Lipinski definition) is 2. The lowest BCUT2D eigenvalue weighted by atomic mass is 10.0. The van der Waals surface area contributed by atoms with Crippen LogP contribution >= 0.6 is 19.5 Å². The van der Waals surface area contributed by atoms with Crippen molar-refractivity contribution in [2.24, 2.45) is 0 Å². The number of rotatable bonds is 10. The Hall–Kier alpha value is -2.19. The first-order chi connectivity index (χ1) is 16.2. The molecule has 2 aromatic carbocycles. The van der Waals surface area contributed by atoms with Crippen LogP contribution in [0, 0.1) is 17.1 Å². The zero-order chi connectivity index (χ0) is 26.4. The molecular formula is C22H24F4N3O3PS2. The largest absolute Gasteiger partial charge is 0.417 e. The van der Waals surface area contributed by atoms with Crippen LogP contribution < -0.4 is 10.0 Å². The highest BCUT2D eigenvalue weighted by atomic mass is 32.8. The number of thioether (sulfide) groups is 1. The van der Waals surface area contributed by atoms with Crippen molar-refractivity contribution in [2.75, 3.05) is 17.7 Å². The van der Waals surface area contributed by atoms with Crippen molar-refractivity contribution < 1.29 is 30.8 Å². The van der Waals surface area contributed by atoms with Gasteiger partial charge in [-0.2, -0.15) is 23.2 Å². The summed E-state index contributed by atoms with van der Waals surface area (Å²) >= 11 is 1.13. The van der Waals surface area contributed by atoms with Crippen molar-refractivity contribution in [3.63, 3.8) is 0 Å². The molecule has 2 N–H and O–H groups in total. The molecule has 2 rings (SSSR count). The minimum absolute atomic E-state index is 0.118. The van der Waals surface area contributed by atoms with Crippen molar-refractivity contribution in [3.05, 3.63) is 58.9 Å². The van der Waals surface area contributed by atoms with Crippen LogP contribution in [0.1, 0.15) is 37.0 Å². The van der Waals surface area contributed by atoms with E-state index in [2.05, 4.69) is 10.0 Å². The monoisotopic (exact) mass is 549 g/mol. The maximum atomic E-state index is 13.7. The van der Waals surface area contributed by atoms with Gasteiger partial charge in [-0.05, 0) is 62.0 Å². The van der Waals surface area contributed by atoms with Crippen LogP contribution in [0.4, 0.5) is 23.2 Å². The molecule has 0 spiro atoms. The van der Waals surface area contributed by atoms with E-state index in [1.165, 1.54) is 37.9 Å². The highest BCUT2D eigenvalue weighted by Crippen LogP contribution is 2.34. The molecule has 0 saturated heterocycles. The minimum atomic E-state index is -4.83. The van der Waals surface area contributed by atoms with Crippen LogP contribution in [0.2, 0.25) is 0 Å². The first-order valence-electron chi connectivity index (χ1n) is 10.3. The van der Waals surface area contributed by atoms with Crippen LogP contribution in [0.15, 0.2) is 41.3 Å². The Kier molecular flexibility index (Phi) is 9.71. The summed E-state index contributed by atoms with van der Waals surface area (Å²) in [4.78, 5) is 13.8. The van der Waals surface area contributed by atoms with Gasteiger partial charge in [0.25, 0.3) is 0 Å². The number of hydrogen-bond acceptors (Lipinski definition) is 5. The molecule has 2 unspecified atom stereocenters. The van der Waals surface area contributed by atoms with Crippen LogP contribution in [0.25, 0.3) is 0 Å². The quantitative estimate of drug-likeness (QED) is 0.238. The van der Waals surface area contributed by atoms with Crippen molar-refractivity contribution in [1.82, 2.24) is 4.72 Å². The molecule has 2 atom stereocenters. The minimum Gasteiger partial charge on any atom is -0.324 e. The van der Waals surface area contributed by atoms with Gasteiger partial charge in [0.2, 0.25) is 15.6 Å². The van der Waals surface area contributed by atoms with Gasteiger partial charge < -0.3 is 5.32 Å². The molecule has 0 bridgehead atoms. The van der Waals surface area contributed by atoms with Gasteiger partial charge in [-0.3, -0.25) is 4.79 Å². The Labute approximate surface area is 207 Å². The lowest BCUT2D eigenvalue weighted by molar-refractivity contribution is -0.137. The Morgan fingerprint density at radius 1 is 1.20 bits per heavy atom. The van der Waals surface area contributed by atoms with Gasteiger partial charge in [-0.15, -0.1) is 11.8 Å². The number of aryl methyl sites for hydroxylation is 1. The molecule has 0 heterocycles. The Bertz CT molecular complexity index is 1230. The van der Waals surface area contributed by atoms with E-state index < -0.39 is 52.0 Å². The van der Waals surface area contributed by atoms with Crippen LogP contribution in [-0.4, -0.2) is 32.3 Å². The number of amides is 1. The summed E-state index contributed by atoms with van der Waals surface area (Å²) in [6.45, 7) is 4.65. The fourth-order valence-corrected chi connectivity index (χ4v) is 6.18. The number of anilines is 1. The van der Waals surface area contributed by atoms with E-state index in [-0.39, 0.29) is 11.4 Å². The van der Waals surface area contributed by atoms with Crippen molar-refractivity contribution in [3.8, 4) is 6.07 Å². The fraction of sp³-hybridized carbons (Fsp3) is 0.364. The topological polar surface area (TPSA) is 99.1 Å². The second-order valence-corrected chi connectivity index (χ2v) is 13.2. The second kappa shape index (κ2) is 11.7. The summed E-state index contributed by atoms with van der Waals surface area (Å²) < 4.78 is 80.6. The SMILES string of the molecule is CCCc1cc(F)ccc1SCC(C)(NS(=O)(=O)PC)C(=O)Nc1ccc(C#N)c(C(F)(F)F)c1. The highest BCUT2D eigenvalue weighted by molar-refractivity contribution is 8.42. The smallest absolute Gasteiger partial charge is 0.324 e. The molecule has 190 valence electrons. The summed E-state index contributed by atoms with van der Waals surface area (Å²) in [7, 11) is -4.46. The van der Waals surface area contributed by atoms with E-state index in [9.17, 15) is 30.8 Å². The average Bonchev–Trinajstić information content (AvgIpc) is 2.78. The molecule has 35 heavy (non-hydrogen) atoms. The Morgan fingerprint density at radius 2 is 1.89 bits per heavy atom. The lowest BCUT2D eigenvalue weighted by Crippen LogP contribution is -2.55. The standard InChI is InChI=1S/C22H24F4N3O3PS2/c1-4-5-14-10-16(23)7-9-19(14)34-13-21(2,29-35(31,32)33-3)20(30)28-17-8-6-15(12-27)18(11-17)22(24,25)26/h6-11,29,33H,4-5,13H2,1-3H3,(H,28,30). The molecular weight excluding hydrogens is 525 g/mol. The van der Waals surface area contributed by atoms with Crippen molar-refractivity contribution >= 4 is 40.8 Å². The van der Waals surface area contributed by atoms with Gasteiger partial charge in [-0.1, -0.05) is 13.3 Å². The van der Waals surface area contributed by atoms with E-state index in [0.717, 1.165) is 30.3 Å². The number of carbonyl (C=O) groups excluding carboxylic acids is 1. The van der Waals surface area contributed by atoms with Crippen LogP contribution in [-0.2, 0) is 27.0 Å². The number of halogens is 4. The molecule has 0 radical (unpaired) electrons. The van der Waals surface area contributed by atoms with E-state index in [0.29, 0.717) is 22.9 Å². The van der Waals surface area contributed by atoms with Gasteiger partial charge in [0.15, 0.2) is 0 Å². The van der Waals surface area contributed by atoms with Gasteiger partial charge in [0.05, 0.1) is 17.2 Å². The number of alkyl halides is 3. The van der Waals surface area contributed by atoms with Gasteiger partial charge in [-0.25, -0.2) is 12.8 Å². The molecule has 0 fully saturated rings. The predicted molar refractivity (Wildman–Crippen MR) is 131 cm³/mol. The maximum Gasteiger partial charge on any atom is 0.417 e. The molecule has 0 aliphatic rings. The lowest BCUT2D eigenvalue weighted by Gasteiger charge is -2.29. The molecule has 13 heteroatoms. The van der Waals surface area contributed by atoms with Gasteiger partial charge in [0.1, 0.15) is 11.4 Å². The summed E-state index contributed by atoms with van der Waals surface area (Å²) in [5.74, 6) is -1.43. The van der Waals surface area contributed by atoms with E-state index >= 15 is 0 Å². The fourth-order valence-electron chi connectivity index (χ4n) is 3.09. The first-order valence-corrected chi connectivity index (χ1v) is 15.0. The second-order valence-electron chi connectivity index (χ2n) is 7.76. The summed E-state index contributed by atoms with van der Waals surface area (Å²) in [5, 5.41) is 11.3. The van der Waals surface area contributed by atoms with Gasteiger partial charge >= 0.3 is 6.18 Å². The number of benzene rings is 2. The van der Waals surface area contributed by atoms with E-state index in [1.807, 2.05) is 6.92 Å². The number of nitriles is 1. The maximum absolute atomic E-state index is 13.7. The zero-order valence-corrected chi connectivity index (χ0v) is 21.7. The molecule has 0 aliphatic heterocycles.